The van der Waals surface area contributed by atoms with Gasteiger partial charge in [-0.25, -0.2) is 0 Å². The third-order valence-corrected chi connectivity index (χ3v) is 3.61. The van der Waals surface area contributed by atoms with E-state index in [0.717, 1.165) is 25.9 Å². The van der Waals surface area contributed by atoms with Crippen molar-refractivity contribution in [3.8, 4) is 0 Å². The Bertz CT molecular complexity index is 286. The largest absolute Gasteiger partial charge is 0.481 e. The summed E-state index contributed by atoms with van der Waals surface area (Å²) in [6, 6.07) is -0.234. The summed E-state index contributed by atoms with van der Waals surface area (Å²) >= 11 is 0. The zero-order valence-electron chi connectivity index (χ0n) is 11.4. The lowest BCUT2D eigenvalue weighted by Gasteiger charge is -2.29. The molecule has 0 aromatic carbocycles. The van der Waals surface area contributed by atoms with Gasteiger partial charge in [-0.15, -0.1) is 0 Å². The highest BCUT2D eigenvalue weighted by Crippen LogP contribution is 2.12. The van der Waals surface area contributed by atoms with Gasteiger partial charge in [-0.2, -0.15) is 0 Å². The van der Waals surface area contributed by atoms with Crippen LogP contribution in [0.15, 0.2) is 0 Å². The highest BCUT2D eigenvalue weighted by molar-refractivity contribution is 5.81. The van der Waals surface area contributed by atoms with Crippen molar-refractivity contribution in [3.63, 3.8) is 0 Å². The van der Waals surface area contributed by atoms with Gasteiger partial charge in [0.15, 0.2) is 0 Å². The topological polar surface area (TPSA) is 60.9 Å². The zero-order chi connectivity index (χ0) is 13.5. The van der Waals surface area contributed by atoms with Gasteiger partial charge in [0.2, 0.25) is 5.91 Å². The Balaban J connectivity index is 2.45. The fourth-order valence-electron chi connectivity index (χ4n) is 2.21. The van der Waals surface area contributed by atoms with E-state index in [2.05, 4.69) is 0 Å². The summed E-state index contributed by atoms with van der Waals surface area (Å²) in [6.45, 7) is 3.96. The third kappa shape index (κ3) is 4.64. The maximum atomic E-state index is 12.3. The van der Waals surface area contributed by atoms with E-state index < -0.39 is 5.97 Å². The van der Waals surface area contributed by atoms with Gasteiger partial charge in [0.05, 0.1) is 12.5 Å². The first kappa shape index (κ1) is 15.0. The van der Waals surface area contributed by atoms with E-state index in [4.69, 9.17) is 5.11 Å². The van der Waals surface area contributed by atoms with Crippen LogP contribution in [0.1, 0.15) is 39.0 Å². The highest BCUT2D eigenvalue weighted by Gasteiger charge is 2.24. The molecule has 1 aliphatic rings. The lowest BCUT2D eigenvalue weighted by Crippen LogP contribution is -2.46. The number of hydrogen-bond donors (Lipinski definition) is 1. The molecule has 18 heavy (non-hydrogen) atoms. The molecule has 5 nitrogen and oxygen atoms in total. The first-order valence-corrected chi connectivity index (χ1v) is 6.73. The second kappa shape index (κ2) is 7.36. The molecule has 0 saturated carbocycles. The quantitative estimate of drug-likeness (QED) is 0.802. The number of amides is 1. The molecule has 0 radical (unpaired) electrons. The van der Waals surface area contributed by atoms with Gasteiger partial charge in [0.25, 0.3) is 0 Å². The number of carbonyl (C=O) groups is 2. The zero-order valence-corrected chi connectivity index (χ0v) is 11.4. The fourth-order valence-corrected chi connectivity index (χ4v) is 2.21. The molecular formula is C13H24N2O3. The molecule has 104 valence electrons. The number of hydrogen-bond acceptors (Lipinski definition) is 3. The summed E-state index contributed by atoms with van der Waals surface area (Å²) in [5.41, 5.74) is 0. The maximum absolute atomic E-state index is 12.3. The normalized spacial score (nSPS) is 18.5. The van der Waals surface area contributed by atoms with Crippen LogP contribution >= 0.6 is 0 Å². The standard InChI is InChI=1S/C13H24N2O3/c1-11(14(2)10-7-12(16)17)13(18)15-8-5-3-4-6-9-15/h11H,3-10H2,1-2H3,(H,16,17). The molecule has 0 spiro atoms. The summed E-state index contributed by atoms with van der Waals surface area (Å²) in [7, 11) is 1.81. The Morgan fingerprint density at radius 2 is 1.78 bits per heavy atom. The first-order valence-electron chi connectivity index (χ1n) is 6.73. The van der Waals surface area contributed by atoms with E-state index in [0.29, 0.717) is 6.54 Å². The predicted molar refractivity (Wildman–Crippen MR) is 69.4 cm³/mol. The molecule has 0 aromatic heterocycles. The van der Waals surface area contributed by atoms with Crippen molar-refractivity contribution in [1.82, 2.24) is 9.80 Å². The number of nitrogens with zero attached hydrogens (tertiary/aromatic N) is 2. The minimum Gasteiger partial charge on any atom is -0.481 e. The van der Waals surface area contributed by atoms with Crippen molar-refractivity contribution in [1.29, 1.82) is 0 Å². The molecule has 0 aromatic rings. The van der Waals surface area contributed by atoms with E-state index in [1.165, 1.54) is 12.8 Å². The third-order valence-electron chi connectivity index (χ3n) is 3.61. The predicted octanol–water partition coefficient (Wildman–Crippen LogP) is 1.18. The molecule has 1 N–H and O–H groups in total. The Morgan fingerprint density at radius 1 is 1.22 bits per heavy atom. The minimum absolute atomic E-state index is 0.0775. The molecule has 1 amide bonds. The molecule has 0 aliphatic carbocycles. The lowest BCUT2D eigenvalue weighted by atomic mass is 10.2. The van der Waals surface area contributed by atoms with Gasteiger partial charge in [0, 0.05) is 19.6 Å². The van der Waals surface area contributed by atoms with Crippen LogP contribution in [0.4, 0.5) is 0 Å². The van der Waals surface area contributed by atoms with E-state index in [1.807, 2.05) is 23.8 Å². The molecule has 0 bridgehead atoms. The number of likely N-dealkylation sites (N-methyl/N-ethyl adjacent to an activating group) is 1. The van der Waals surface area contributed by atoms with E-state index in [-0.39, 0.29) is 18.4 Å². The number of aliphatic carboxylic acids is 1. The molecule has 1 rings (SSSR count). The summed E-state index contributed by atoms with van der Waals surface area (Å²) in [6.07, 6.45) is 4.64. The van der Waals surface area contributed by atoms with Crippen molar-refractivity contribution in [2.75, 3.05) is 26.7 Å². The van der Waals surface area contributed by atoms with Crippen molar-refractivity contribution in [3.05, 3.63) is 0 Å². The van der Waals surface area contributed by atoms with Crippen LogP contribution in [-0.4, -0.2) is 59.5 Å². The van der Waals surface area contributed by atoms with Crippen LogP contribution in [0, 0.1) is 0 Å². The average Bonchev–Trinajstić information content (AvgIpc) is 2.62. The molecule has 1 aliphatic heterocycles. The smallest absolute Gasteiger partial charge is 0.304 e. The van der Waals surface area contributed by atoms with Crippen LogP contribution in [0.5, 0.6) is 0 Å². The van der Waals surface area contributed by atoms with Gasteiger partial charge in [0.1, 0.15) is 0 Å². The van der Waals surface area contributed by atoms with Gasteiger partial charge in [-0.05, 0) is 26.8 Å². The minimum atomic E-state index is -0.823. The molecule has 5 heteroatoms. The highest BCUT2D eigenvalue weighted by atomic mass is 16.4. The van der Waals surface area contributed by atoms with Gasteiger partial charge >= 0.3 is 5.97 Å². The number of rotatable bonds is 5. The van der Waals surface area contributed by atoms with Crippen LogP contribution in [0.2, 0.25) is 0 Å². The molecule has 1 fully saturated rings. The second-order valence-electron chi connectivity index (χ2n) is 5.04. The number of carboxylic acid groups (broad SMARTS) is 1. The summed E-state index contributed by atoms with van der Waals surface area (Å²) in [5.74, 6) is -0.693. The lowest BCUT2D eigenvalue weighted by molar-refractivity contribution is -0.140. The molecule has 1 heterocycles. The molecule has 1 unspecified atom stereocenters. The van der Waals surface area contributed by atoms with Gasteiger partial charge in [-0.1, -0.05) is 12.8 Å². The van der Waals surface area contributed by atoms with Crippen LogP contribution < -0.4 is 0 Å². The SMILES string of the molecule is CC(C(=O)N1CCCCCC1)N(C)CCC(=O)O. The number of likely N-dealkylation sites (tertiary alicyclic amines) is 1. The Morgan fingerprint density at radius 3 is 2.28 bits per heavy atom. The van der Waals surface area contributed by atoms with E-state index in [9.17, 15) is 9.59 Å². The molecule has 1 saturated heterocycles. The van der Waals surface area contributed by atoms with Crippen molar-refractivity contribution >= 4 is 11.9 Å². The monoisotopic (exact) mass is 256 g/mol. The Kier molecular flexibility index (Phi) is 6.12. The van der Waals surface area contributed by atoms with Gasteiger partial charge in [-0.3, -0.25) is 14.5 Å². The second-order valence-corrected chi connectivity index (χ2v) is 5.04. The van der Waals surface area contributed by atoms with Crippen LogP contribution in [0.3, 0.4) is 0 Å². The van der Waals surface area contributed by atoms with Gasteiger partial charge < -0.3 is 10.0 Å². The Labute approximate surface area is 109 Å². The molecule has 1 atom stereocenters. The fraction of sp³-hybridized carbons (Fsp3) is 0.846. The Hall–Kier alpha value is -1.10. The van der Waals surface area contributed by atoms with E-state index >= 15 is 0 Å². The maximum Gasteiger partial charge on any atom is 0.304 e. The van der Waals surface area contributed by atoms with Crippen LogP contribution in [0.25, 0.3) is 0 Å². The molecular weight excluding hydrogens is 232 g/mol. The number of carbonyl (C=O) groups excluding carboxylic acids is 1. The van der Waals surface area contributed by atoms with Crippen molar-refractivity contribution in [2.45, 2.75) is 45.1 Å². The average molecular weight is 256 g/mol. The summed E-state index contributed by atoms with van der Waals surface area (Å²) in [4.78, 5) is 26.5. The summed E-state index contributed by atoms with van der Waals surface area (Å²) in [5, 5.41) is 8.65. The van der Waals surface area contributed by atoms with E-state index in [1.54, 1.807) is 0 Å². The van der Waals surface area contributed by atoms with Crippen LogP contribution in [-0.2, 0) is 9.59 Å². The summed E-state index contributed by atoms with van der Waals surface area (Å²) < 4.78 is 0. The first-order chi connectivity index (χ1) is 8.52. The van der Waals surface area contributed by atoms with Crippen molar-refractivity contribution < 1.29 is 14.7 Å². The number of carboxylic acids is 1. The van der Waals surface area contributed by atoms with Crippen molar-refractivity contribution in [2.24, 2.45) is 0 Å².